The van der Waals surface area contributed by atoms with Crippen molar-refractivity contribution < 1.29 is 23.1 Å². The molecule has 1 aromatic carbocycles. The molecule has 0 saturated heterocycles. The monoisotopic (exact) mass is 340 g/mol. The Hall–Kier alpha value is -1.93. The lowest BCUT2D eigenvalue weighted by molar-refractivity contribution is -0.140. The molecule has 4 N–H and O–H groups in total. The lowest BCUT2D eigenvalue weighted by Crippen LogP contribution is -2.19. The molecule has 0 radical (unpaired) electrons. The number of anilines is 1. The highest BCUT2D eigenvalue weighted by Gasteiger charge is 2.65. The number of hydrogen-bond acceptors (Lipinski definition) is 4. The van der Waals surface area contributed by atoms with E-state index in [1.165, 1.54) is 6.07 Å². The van der Waals surface area contributed by atoms with Gasteiger partial charge < -0.3 is 10.4 Å². The summed E-state index contributed by atoms with van der Waals surface area (Å²) in [4.78, 5) is 23.4. The summed E-state index contributed by atoms with van der Waals surface area (Å²) in [5.41, 5.74) is 0.214. The molecule has 8 heteroatoms. The first kappa shape index (κ1) is 17.4. The summed E-state index contributed by atoms with van der Waals surface area (Å²) in [5.74, 6) is -2.84. The third-order valence-corrected chi connectivity index (χ3v) is 5.39. The summed E-state index contributed by atoms with van der Waals surface area (Å²) in [7, 11) is -3.90. The Bertz CT molecular complexity index is 770. The van der Waals surface area contributed by atoms with Crippen molar-refractivity contribution in [2.45, 2.75) is 32.1 Å². The number of rotatable bonds is 5. The number of amides is 1. The predicted octanol–water partition coefficient (Wildman–Crippen LogP) is 1.19. The van der Waals surface area contributed by atoms with Crippen LogP contribution in [0.25, 0.3) is 0 Å². The van der Waals surface area contributed by atoms with Crippen LogP contribution in [0.5, 0.6) is 0 Å². The molecule has 1 aliphatic rings. The molecule has 1 aliphatic carbocycles. The highest BCUT2D eigenvalue weighted by Crippen LogP contribution is 2.58. The van der Waals surface area contributed by atoms with Crippen LogP contribution in [0.4, 0.5) is 5.69 Å². The third-order valence-electron chi connectivity index (χ3n) is 4.40. The SMILES string of the molecule is CCc1ccc(NC(=O)[C@@H]2[C@H](C(=O)O)C2(C)C)cc1S(N)(=O)=O. The molecule has 23 heavy (non-hydrogen) atoms. The van der Waals surface area contributed by atoms with Crippen LogP contribution in [-0.4, -0.2) is 25.4 Å². The van der Waals surface area contributed by atoms with Gasteiger partial charge in [-0.15, -0.1) is 0 Å². The number of carbonyl (C=O) groups is 2. The van der Waals surface area contributed by atoms with Gasteiger partial charge in [-0.2, -0.15) is 0 Å². The van der Waals surface area contributed by atoms with Crippen LogP contribution in [-0.2, 0) is 26.0 Å². The van der Waals surface area contributed by atoms with Crippen LogP contribution < -0.4 is 10.5 Å². The van der Waals surface area contributed by atoms with Crippen molar-refractivity contribution in [2.24, 2.45) is 22.4 Å². The number of hydrogen-bond donors (Lipinski definition) is 3. The topological polar surface area (TPSA) is 127 Å². The quantitative estimate of drug-likeness (QED) is 0.742. The smallest absolute Gasteiger partial charge is 0.307 e. The van der Waals surface area contributed by atoms with Gasteiger partial charge in [-0.1, -0.05) is 26.8 Å². The molecule has 0 bridgehead atoms. The van der Waals surface area contributed by atoms with Crippen molar-refractivity contribution >= 4 is 27.6 Å². The highest BCUT2D eigenvalue weighted by molar-refractivity contribution is 7.89. The van der Waals surface area contributed by atoms with Crippen LogP contribution in [0.15, 0.2) is 23.1 Å². The number of aryl methyl sites for hydroxylation is 1. The molecule has 1 fully saturated rings. The van der Waals surface area contributed by atoms with Crippen molar-refractivity contribution in [3.8, 4) is 0 Å². The van der Waals surface area contributed by atoms with Gasteiger partial charge in [0.1, 0.15) is 0 Å². The number of carboxylic acids is 1. The van der Waals surface area contributed by atoms with Crippen molar-refractivity contribution in [2.75, 3.05) is 5.32 Å². The molecule has 126 valence electrons. The largest absolute Gasteiger partial charge is 0.481 e. The van der Waals surface area contributed by atoms with E-state index in [1.54, 1.807) is 32.9 Å². The van der Waals surface area contributed by atoms with Crippen molar-refractivity contribution in [3.63, 3.8) is 0 Å². The average molecular weight is 340 g/mol. The Morgan fingerprint density at radius 1 is 1.30 bits per heavy atom. The minimum Gasteiger partial charge on any atom is -0.481 e. The van der Waals surface area contributed by atoms with Crippen LogP contribution in [0.2, 0.25) is 0 Å². The molecule has 1 amide bonds. The number of primary sulfonamides is 1. The van der Waals surface area contributed by atoms with Crippen LogP contribution in [0.1, 0.15) is 26.3 Å². The van der Waals surface area contributed by atoms with Crippen LogP contribution in [0, 0.1) is 17.3 Å². The Morgan fingerprint density at radius 3 is 2.35 bits per heavy atom. The summed E-state index contributed by atoms with van der Waals surface area (Å²) in [5, 5.41) is 16.9. The van der Waals surface area contributed by atoms with E-state index in [4.69, 9.17) is 10.2 Å². The van der Waals surface area contributed by atoms with Gasteiger partial charge >= 0.3 is 5.97 Å². The van der Waals surface area contributed by atoms with Gasteiger partial charge in [0.2, 0.25) is 15.9 Å². The number of nitrogens with one attached hydrogen (secondary N) is 1. The fourth-order valence-corrected chi connectivity index (χ4v) is 3.87. The highest BCUT2D eigenvalue weighted by atomic mass is 32.2. The van der Waals surface area contributed by atoms with Crippen molar-refractivity contribution in [1.82, 2.24) is 0 Å². The first-order chi connectivity index (χ1) is 10.5. The number of aliphatic carboxylic acids is 1. The molecule has 2 rings (SSSR count). The zero-order chi connectivity index (χ0) is 17.6. The summed E-state index contributed by atoms with van der Waals surface area (Å²) in [6, 6.07) is 4.47. The van der Waals surface area contributed by atoms with Crippen LogP contribution >= 0.6 is 0 Å². The van der Waals surface area contributed by atoms with E-state index >= 15 is 0 Å². The third kappa shape index (κ3) is 3.23. The Balaban J connectivity index is 2.25. The first-order valence-electron chi connectivity index (χ1n) is 7.19. The molecular weight excluding hydrogens is 320 g/mol. The molecule has 0 heterocycles. The van der Waals surface area contributed by atoms with E-state index < -0.39 is 39.2 Å². The minimum atomic E-state index is -3.90. The number of carbonyl (C=O) groups excluding carboxylic acids is 1. The van der Waals surface area contributed by atoms with E-state index in [-0.39, 0.29) is 10.6 Å². The molecular formula is C15H20N2O5S. The second-order valence-corrected chi connectivity index (χ2v) is 7.86. The van der Waals surface area contributed by atoms with Gasteiger partial charge in [0, 0.05) is 5.69 Å². The second kappa shape index (κ2) is 5.61. The number of benzene rings is 1. The Morgan fingerprint density at radius 2 is 1.91 bits per heavy atom. The predicted molar refractivity (Wildman–Crippen MR) is 84.2 cm³/mol. The van der Waals surface area contributed by atoms with Gasteiger partial charge in [-0.05, 0) is 29.5 Å². The van der Waals surface area contributed by atoms with E-state index in [2.05, 4.69) is 5.32 Å². The second-order valence-electron chi connectivity index (χ2n) is 6.33. The number of sulfonamides is 1. The van der Waals surface area contributed by atoms with Gasteiger partial charge in [0.05, 0.1) is 16.7 Å². The molecule has 0 aliphatic heterocycles. The minimum absolute atomic E-state index is 0.0392. The molecule has 0 spiro atoms. The van der Waals surface area contributed by atoms with Crippen LogP contribution in [0.3, 0.4) is 0 Å². The van der Waals surface area contributed by atoms with E-state index in [1.807, 2.05) is 0 Å². The Kier molecular flexibility index (Phi) is 4.25. The van der Waals surface area contributed by atoms with Crippen molar-refractivity contribution in [3.05, 3.63) is 23.8 Å². The molecule has 7 nitrogen and oxygen atoms in total. The first-order valence-corrected chi connectivity index (χ1v) is 8.74. The molecule has 0 unspecified atom stereocenters. The molecule has 1 saturated carbocycles. The summed E-state index contributed by atoms with van der Waals surface area (Å²) >= 11 is 0. The zero-order valence-electron chi connectivity index (χ0n) is 13.2. The fourth-order valence-electron chi connectivity index (χ4n) is 3.00. The Labute approximate surface area is 134 Å². The lowest BCUT2D eigenvalue weighted by atomic mass is 10.1. The van der Waals surface area contributed by atoms with E-state index in [0.29, 0.717) is 12.0 Å². The standard InChI is InChI=1S/C15H20N2O5S/c1-4-8-5-6-9(7-10(8)23(16,21)22)17-13(18)11-12(14(19)20)15(11,2)3/h5-7,11-12H,4H2,1-3H3,(H,17,18)(H,19,20)(H2,16,21,22)/t11-,12+/m0/s1. The maximum atomic E-state index is 12.3. The van der Waals surface area contributed by atoms with Gasteiger partial charge in [-0.25, -0.2) is 13.6 Å². The normalized spacial score (nSPS) is 22.4. The van der Waals surface area contributed by atoms with E-state index in [0.717, 1.165) is 0 Å². The molecule has 1 aromatic rings. The van der Waals surface area contributed by atoms with Gasteiger partial charge in [0.25, 0.3) is 0 Å². The maximum absolute atomic E-state index is 12.3. The maximum Gasteiger partial charge on any atom is 0.307 e. The zero-order valence-corrected chi connectivity index (χ0v) is 14.0. The number of nitrogens with two attached hydrogens (primary N) is 1. The lowest BCUT2D eigenvalue weighted by Gasteiger charge is -2.10. The van der Waals surface area contributed by atoms with Gasteiger partial charge in [-0.3, -0.25) is 9.59 Å². The summed E-state index contributed by atoms with van der Waals surface area (Å²) < 4.78 is 23.3. The van der Waals surface area contributed by atoms with Gasteiger partial charge in [0.15, 0.2) is 0 Å². The summed E-state index contributed by atoms with van der Waals surface area (Å²) in [6.45, 7) is 5.23. The fraction of sp³-hybridized carbons (Fsp3) is 0.467. The average Bonchev–Trinajstić information content (AvgIpc) is 3.01. The number of carboxylic acid groups (broad SMARTS) is 1. The van der Waals surface area contributed by atoms with Crippen molar-refractivity contribution in [1.29, 1.82) is 0 Å². The molecule has 2 atom stereocenters. The summed E-state index contributed by atoms with van der Waals surface area (Å²) in [6.07, 6.45) is 0.483. The molecule has 0 aromatic heterocycles. The van der Waals surface area contributed by atoms with E-state index in [9.17, 15) is 18.0 Å².